The van der Waals surface area contributed by atoms with Crippen molar-refractivity contribution in [2.75, 3.05) is 24.4 Å². The molecule has 1 aliphatic heterocycles. The van der Waals surface area contributed by atoms with Gasteiger partial charge in [0.1, 0.15) is 5.82 Å². The number of aromatic nitrogens is 2. The number of rotatable bonds is 4. The Kier molecular flexibility index (Phi) is 4.00. The maximum absolute atomic E-state index is 6.07. The van der Waals surface area contributed by atoms with Crippen molar-refractivity contribution in [2.24, 2.45) is 0 Å². The second-order valence-electron chi connectivity index (χ2n) is 4.02. The van der Waals surface area contributed by atoms with Crippen LogP contribution >= 0.6 is 23.1 Å². The van der Waals surface area contributed by atoms with Crippen LogP contribution in [0.25, 0.3) is 0 Å². The molecule has 2 heterocycles. The van der Waals surface area contributed by atoms with Gasteiger partial charge in [-0.2, -0.15) is 4.37 Å². The van der Waals surface area contributed by atoms with Crippen molar-refractivity contribution in [3.05, 3.63) is 5.82 Å². The van der Waals surface area contributed by atoms with Crippen molar-refractivity contribution < 1.29 is 4.74 Å². The van der Waals surface area contributed by atoms with Crippen LogP contribution in [-0.2, 0) is 11.2 Å². The summed E-state index contributed by atoms with van der Waals surface area (Å²) in [4.78, 5) is 4.41. The van der Waals surface area contributed by atoms with Gasteiger partial charge in [-0.25, -0.2) is 4.98 Å². The number of ether oxygens (including phenoxy) is 1. The van der Waals surface area contributed by atoms with Crippen molar-refractivity contribution in [1.29, 1.82) is 0 Å². The van der Waals surface area contributed by atoms with Gasteiger partial charge in [0.15, 0.2) is 0 Å². The Morgan fingerprint density at radius 1 is 1.50 bits per heavy atom. The van der Waals surface area contributed by atoms with Gasteiger partial charge in [-0.15, -0.1) is 11.6 Å². The summed E-state index contributed by atoms with van der Waals surface area (Å²) >= 11 is 7.48. The van der Waals surface area contributed by atoms with Gasteiger partial charge in [-0.3, -0.25) is 0 Å². The molecular formula is C10H16ClN3OS. The van der Waals surface area contributed by atoms with E-state index in [1.54, 1.807) is 0 Å². The molecule has 4 nitrogen and oxygen atoms in total. The van der Waals surface area contributed by atoms with Crippen LogP contribution < -0.4 is 5.32 Å². The van der Waals surface area contributed by atoms with Crippen molar-refractivity contribution >= 4 is 28.3 Å². The molecule has 0 amide bonds. The molecule has 1 aliphatic rings. The lowest BCUT2D eigenvalue weighted by atomic mass is 9.93. The molecule has 0 saturated carbocycles. The van der Waals surface area contributed by atoms with E-state index in [-0.39, 0.29) is 5.54 Å². The molecule has 0 spiro atoms. The topological polar surface area (TPSA) is 47.0 Å². The fourth-order valence-corrected chi connectivity index (χ4v) is 2.83. The Labute approximate surface area is 105 Å². The van der Waals surface area contributed by atoms with Gasteiger partial charge < -0.3 is 10.1 Å². The average molecular weight is 262 g/mol. The maximum atomic E-state index is 6.07. The van der Waals surface area contributed by atoms with Crippen LogP contribution in [0.3, 0.4) is 0 Å². The van der Waals surface area contributed by atoms with E-state index in [4.69, 9.17) is 16.3 Å². The molecule has 1 aromatic rings. The summed E-state index contributed by atoms with van der Waals surface area (Å²) in [6.45, 7) is 3.58. The third-order valence-electron chi connectivity index (χ3n) is 2.86. The van der Waals surface area contributed by atoms with Crippen LogP contribution in [0.5, 0.6) is 0 Å². The van der Waals surface area contributed by atoms with Gasteiger partial charge in [-0.05, 0) is 12.8 Å². The number of anilines is 1. The van der Waals surface area contributed by atoms with E-state index in [2.05, 4.69) is 21.6 Å². The number of nitrogens with one attached hydrogen (secondary N) is 1. The lowest BCUT2D eigenvalue weighted by Gasteiger charge is -2.35. The molecular weight excluding hydrogens is 246 g/mol. The molecule has 0 atom stereocenters. The molecule has 1 saturated heterocycles. The van der Waals surface area contributed by atoms with E-state index in [1.807, 2.05) is 0 Å². The van der Waals surface area contributed by atoms with E-state index in [9.17, 15) is 0 Å². The third-order valence-corrected chi connectivity index (χ3v) is 4.04. The van der Waals surface area contributed by atoms with Gasteiger partial charge in [-0.1, -0.05) is 6.92 Å². The summed E-state index contributed by atoms with van der Waals surface area (Å²) < 4.78 is 9.62. The number of hydrogen-bond acceptors (Lipinski definition) is 5. The van der Waals surface area contributed by atoms with Gasteiger partial charge in [0.25, 0.3) is 0 Å². The van der Waals surface area contributed by atoms with E-state index in [0.29, 0.717) is 5.88 Å². The molecule has 0 aliphatic carbocycles. The van der Waals surface area contributed by atoms with Gasteiger partial charge in [0.05, 0.1) is 5.54 Å². The molecule has 0 radical (unpaired) electrons. The zero-order chi connectivity index (χ0) is 11.4. The largest absolute Gasteiger partial charge is 0.381 e. The first-order chi connectivity index (χ1) is 7.78. The second kappa shape index (κ2) is 5.29. The monoisotopic (exact) mass is 261 g/mol. The molecule has 2 rings (SSSR count). The highest BCUT2D eigenvalue weighted by Gasteiger charge is 2.32. The lowest BCUT2D eigenvalue weighted by molar-refractivity contribution is 0.0668. The SMILES string of the molecule is CCc1nsc(NC2(CCl)CCOCC2)n1. The normalized spacial score (nSPS) is 19.6. The van der Waals surface area contributed by atoms with Crippen LogP contribution in [0, 0.1) is 0 Å². The lowest BCUT2D eigenvalue weighted by Crippen LogP contribution is -2.45. The minimum absolute atomic E-state index is 0.0651. The van der Waals surface area contributed by atoms with Crippen LogP contribution in [0.1, 0.15) is 25.6 Å². The Morgan fingerprint density at radius 3 is 2.81 bits per heavy atom. The number of alkyl halides is 1. The Morgan fingerprint density at radius 2 is 2.25 bits per heavy atom. The Hall–Kier alpha value is -0.390. The number of aryl methyl sites for hydroxylation is 1. The minimum atomic E-state index is -0.0651. The first-order valence-corrected chi connectivity index (χ1v) is 6.83. The molecule has 90 valence electrons. The van der Waals surface area contributed by atoms with Gasteiger partial charge >= 0.3 is 0 Å². The standard InChI is InChI=1S/C10H16ClN3OS/c1-2-8-12-9(16-14-8)13-10(7-11)3-5-15-6-4-10/h2-7H2,1H3,(H,12,13,14). The van der Waals surface area contributed by atoms with Crippen LogP contribution in [-0.4, -0.2) is 34.0 Å². The number of nitrogens with zero attached hydrogens (tertiary/aromatic N) is 2. The fourth-order valence-electron chi connectivity index (χ4n) is 1.73. The van der Waals surface area contributed by atoms with Gasteiger partial charge in [0.2, 0.25) is 5.13 Å². The predicted octanol–water partition coefficient (Wildman–Crippen LogP) is 2.30. The molecule has 1 fully saturated rings. The molecule has 0 unspecified atom stereocenters. The van der Waals surface area contributed by atoms with Crippen LogP contribution in [0.15, 0.2) is 0 Å². The minimum Gasteiger partial charge on any atom is -0.381 e. The average Bonchev–Trinajstić information content (AvgIpc) is 2.78. The summed E-state index contributed by atoms with van der Waals surface area (Å²) in [5, 5.41) is 4.31. The Bertz CT molecular complexity index is 339. The first kappa shape index (κ1) is 12.1. The molecule has 1 aromatic heterocycles. The number of halogens is 1. The van der Waals surface area contributed by atoms with Gasteiger partial charge in [0, 0.05) is 37.0 Å². The number of hydrogen-bond donors (Lipinski definition) is 1. The van der Waals surface area contributed by atoms with Crippen molar-refractivity contribution in [3.63, 3.8) is 0 Å². The third kappa shape index (κ3) is 2.64. The zero-order valence-electron chi connectivity index (χ0n) is 9.33. The summed E-state index contributed by atoms with van der Waals surface area (Å²) in [7, 11) is 0. The molecule has 16 heavy (non-hydrogen) atoms. The van der Waals surface area contributed by atoms with Crippen molar-refractivity contribution in [2.45, 2.75) is 31.7 Å². The highest BCUT2D eigenvalue weighted by molar-refractivity contribution is 7.09. The summed E-state index contributed by atoms with van der Waals surface area (Å²) in [6, 6.07) is 0. The smallest absolute Gasteiger partial charge is 0.203 e. The molecule has 1 N–H and O–H groups in total. The zero-order valence-corrected chi connectivity index (χ0v) is 10.9. The fraction of sp³-hybridized carbons (Fsp3) is 0.800. The van der Waals surface area contributed by atoms with E-state index < -0.39 is 0 Å². The Balaban J connectivity index is 2.05. The van der Waals surface area contributed by atoms with Crippen LogP contribution in [0.2, 0.25) is 0 Å². The summed E-state index contributed by atoms with van der Waals surface area (Å²) in [5.41, 5.74) is -0.0651. The molecule has 0 aromatic carbocycles. The highest BCUT2D eigenvalue weighted by atomic mass is 35.5. The van der Waals surface area contributed by atoms with E-state index in [1.165, 1.54) is 11.5 Å². The second-order valence-corrected chi connectivity index (χ2v) is 5.04. The van der Waals surface area contributed by atoms with Crippen molar-refractivity contribution in [3.8, 4) is 0 Å². The predicted molar refractivity (Wildman–Crippen MR) is 66.4 cm³/mol. The summed E-state index contributed by atoms with van der Waals surface area (Å²) in [6.07, 6.45) is 2.73. The van der Waals surface area contributed by atoms with E-state index in [0.717, 1.165) is 43.4 Å². The quantitative estimate of drug-likeness (QED) is 0.845. The maximum Gasteiger partial charge on any atom is 0.203 e. The van der Waals surface area contributed by atoms with E-state index >= 15 is 0 Å². The van der Waals surface area contributed by atoms with Crippen LogP contribution in [0.4, 0.5) is 5.13 Å². The molecule has 0 bridgehead atoms. The summed E-state index contributed by atoms with van der Waals surface area (Å²) in [5.74, 6) is 1.47. The van der Waals surface area contributed by atoms with Crippen molar-refractivity contribution in [1.82, 2.24) is 9.36 Å². The first-order valence-electron chi connectivity index (χ1n) is 5.52. The molecule has 6 heteroatoms. The highest BCUT2D eigenvalue weighted by Crippen LogP contribution is 2.28.